The van der Waals surface area contributed by atoms with Gasteiger partial charge >= 0.3 is 6.03 Å². The second-order valence-corrected chi connectivity index (χ2v) is 4.47. The molecule has 2 aliphatic heterocycles. The Morgan fingerprint density at radius 3 is 3.00 bits per heavy atom. The Balaban J connectivity index is 1.93. The fourth-order valence-corrected chi connectivity index (χ4v) is 2.57. The SMILES string of the molecule is CCN1CCCC(N2CCCNC2=O)C1. The van der Waals surface area contributed by atoms with E-state index in [1.807, 2.05) is 4.90 Å². The van der Waals surface area contributed by atoms with Gasteiger partial charge in [0, 0.05) is 25.7 Å². The smallest absolute Gasteiger partial charge is 0.317 e. The molecule has 4 nitrogen and oxygen atoms in total. The average Bonchev–Trinajstić information content (AvgIpc) is 2.30. The molecule has 4 heteroatoms. The van der Waals surface area contributed by atoms with E-state index in [-0.39, 0.29) is 6.03 Å². The Morgan fingerprint density at radius 2 is 2.27 bits per heavy atom. The lowest BCUT2D eigenvalue weighted by Crippen LogP contribution is -2.56. The molecule has 0 aromatic carbocycles. The Bertz CT molecular complexity index is 232. The molecular weight excluding hydrogens is 190 g/mol. The van der Waals surface area contributed by atoms with Gasteiger partial charge in [-0.05, 0) is 32.4 Å². The number of nitrogens with zero attached hydrogens (tertiary/aromatic N) is 2. The summed E-state index contributed by atoms with van der Waals surface area (Å²) in [4.78, 5) is 16.2. The maximum atomic E-state index is 11.7. The Hall–Kier alpha value is -0.770. The first-order valence-electron chi connectivity index (χ1n) is 6.08. The van der Waals surface area contributed by atoms with E-state index in [9.17, 15) is 4.79 Å². The van der Waals surface area contributed by atoms with Crippen LogP contribution < -0.4 is 5.32 Å². The summed E-state index contributed by atoms with van der Waals surface area (Å²) in [5.74, 6) is 0. The van der Waals surface area contributed by atoms with E-state index in [1.54, 1.807) is 0 Å². The standard InChI is InChI=1S/C11H21N3O/c1-2-13-7-3-5-10(9-13)14-8-4-6-12-11(14)15/h10H,2-9H2,1H3,(H,12,15). The molecule has 0 aromatic rings. The van der Waals surface area contributed by atoms with Crippen LogP contribution in [-0.2, 0) is 0 Å². The van der Waals surface area contributed by atoms with Gasteiger partial charge in [0.05, 0.1) is 0 Å². The summed E-state index contributed by atoms with van der Waals surface area (Å²) in [6.45, 7) is 7.34. The summed E-state index contributed by atoms with van der Waals surface area (Å²) in [5.41, 5.74) is 0. The summed E-state index contributed by atoms with van der Waals surface area (Å²) in [6.07, 6.45) is 3.49. The molecule has 0 radical (unpaired) electrons. The molecule has 2 heterocycles. The fraction of sp³-hybridized carbons (Fsp3) is 0.909. The van der Waals surface area contributed by atoms with Crippen LogP contribution in [0.3, 0.4) is 0 Å². The molecule has 0 aromatic heterocycles. The van der Waals surface area contributed by atoms with Crippen molar-refractivity contribution in [1.82, 2.24) is 15.1 Å². The van der Waals surface area contributed by atoms with E-state index in [1.165, 1.54) is 19.4 Å². The Morgan fingerprint density at radius 1 is 1.40 bits per heavy atom. The lowest BCUT2D eigenvalue weighted by molar-refractivity contribution is 0.106. The van der Waals surface area contributed by atoms with Crippen molar-refractivity contribution < 1.29 is 4.79 Å². The Labute approximate surface area is 91.6 Å². The van der Waals surface area contributed by atoms with Crippen LogP contribution in [0.4, 0.5) is 4.79 Å². The van der Waals surface area contributed by atoms with Gasteiger partial charge < -0.3 is 15.1 Å². The molecule has 1 N–H and O–H groups in total. The quantitative estimate of drug-likeness (QED) is 0.736. The molecule has 86 valence electrons. The van der Waals surface area contributed by atoms with Crippen molar-refractivity contribution in [2.24, 2.45) is 0 Å². The lowest BCUT2D eigenvalue weighted by atomic mass is 10.0. The van der Waals surface area contributed by atoms with Crippen LogP contribution in [0.2, 0.25) is 0 Å². The van der Waals surface area contributed by atoms with E-state index in [4.69, 9.17) is 0 Å². The first kappa shape index (κ1) is 10.7. The summed E-state index contributed by atoms with van der Waals surface area (Å²) in [7, 11) is 0. The number of rotatable bonds is 2. The molecule has 0 bridgehead atoms. The Kier molecular flexibility index (Phi) is 3.46. The van der Waals surface area contributed by atoms with Crippen molar-refractivity contribution >= 4 is 6.03 Å². The molecule has 1 atom stereocenters. The number of piperidine rings is 1. The fourth-order valence-electron chi connectivity index (χ4n) is 2.57. The summed E-state index contributed by atoms with van der Waals surface area (Å²) >= 11 is 0. The highest BCUT2D eigenvalue weighted by atomic mass is 16.2. The van der Waals surface area contributed by atoms with Crippen LogP contribution in [-0.4, -0.2) is 54.6 Å². The highest BCUT2D eigenvalue weighted by molar-refractivity contribution is 5.75. The van der Waals surface area contributed by atoms with Gasteiger partial charge in [-0.15, -0.1) is 0 Å². The van der Waals surface area contributed by atoms with Gasteiger partial charge in [0.2, 0.25) is 0 Å². The second-order valence-electron chi connectivity index (χ2n) is 4.47. The van der Waals surface area contributed by atoms with Crippen molar-refractivity contribution in [1.29, 1.82) is 0 Å². The van der Waals surface area contributed by atoms with Crippen LogP contribution >= 0.6 is 0 Å². The van der Waals surface area contributed by atoms with Gasteiger partial charge in [0.1, 0.15) is 0 Å². The van der Waals surface area contributed by atoms with E-state index < -0.39 is 0 Å². The highest BCUT2D eigenvalue weighted by Crippen LogP contribution is 2.17. The van der Waals surface area contributed by atoms with Gasteiger partial charge in [-0.1, -0.05) is 6.92 Å². The highest BCUT2D eigenvalue weighted by Gasteiger charge is 2.29. The maximum absolute atomic E-state index is 11.7. The third kappa shape index (κ3) is 2.43. The number of likely N-dealkylation sites (tertiary alicyclic amines) is 1. The summed E-state index contributed by atoms with van der Waals surface area (Å²) in [6, 6.07) is 0.586. The van der Waals surface area contributed by atoms with Crippen molar-refractivity contribution in [2.75, 3.05) is 32.7 Å². The van der Waals surface area contributed by atoms with Crippen molar-refractivity contribution in [3.05, 3.63) is 0 Å². The molecule has 2 saturated heterocycles. The number of carbonyl (C=O) groups excluding carboxylic acids is 1. The van der Waals surface area contributed by atoms with E-state index in [0.29, 0.717) is 6.04 Å². The molecule has 0 spiro atoms. The molecule has 0 aliphatic carbocycles. The first-order valence-corrected chi connectivity index (χ1v) is 6.08. The van der Waals surface area contributed by atoms with E-state index >= 15 is 0 Å². The summed E-state index contributed by atoms with van der Waals surface area (Å²) < 4.78 is 0. The van der Waals surface area contributed by atoms with E-state index in [0.717, 1.165) is 32.6 Å². The number of urea groups is 1. The van der Waals surface area contributed by atoms with Gasteiger partial charge in [-0.3, -0.25) is 0 Å². The van der Waals surface area contributed by atoms with Crippen LogP contribution in [0.1, 0.15) is 26.2 Å². The zero-order valence-corrected chi connectivity index (χ0v) is 9.54. The predicted octanol–water partition coefficient (Wildman–Crippen LogP) is 0.886. The number of nitrogens with one attached hydrogen (secondary N) is 1. The minimum atomic E-state index is 0.143. The van der Waals surface area contributed by atoms with Crippen LogP contribution in [0.15, 0.2) is 0 Å². The average molecular weight is 211 g/mol. The third-order valence-electron chi connectivity index (χ3n) is 3.48. The third-order valence-corrected chi connectivity index (χ3v) is 3.48. The first-order chi connectivity index (χ1) is 7.31. The molecular formula is C11H21N3O. The summed E-state index contributed by atoms with van der Waals surface area (Å²) in [5, 5.41) is 2.93. The zero-order valence-electron chi connectivity index (χ0n) is 9.54. The number of carbonyl (C=O) groups is 1. The zero-order chi connectivity index (χ0) is 10.7. The molecule has 2 amide bonds. The molecule has 15 heavy (non-hydrogen) atoms. The lowest BCUT2D eigenvalue weighted by Gasteiger charge is -2.40. The van der Waals surface area contributed by atoms with Gasteiger partial charge in [0.25, 0.3) is 0 Å². The van der Waals surface area contributed by atoms with Crippen molar-refractivity contribution in [3.8, 4) is 0 Å². The number of hydrogen-bond acceptors (Lipinski definition) is 2. The topological polar surface area (TPSA) is 35.6 Å². The van der Waals surface area contributed by atoms with Gasteiger partial charge in [0.15, 0.2) is 0 Å². The molecule has 2 fully saturated rings. The predicted molar refractivity (Wildman–Crippen MR) is 59.9 cm³/mol. The molecule has 2 aliphatic rings. The normalized spacial score (nSPS) is 29.0. The van der Waals surface area contributed by atoms with E-state index in [2.05, 4.69) is 17.1 Å². The second kappa shape index (κ2) is 4.84. The molecule has 1 unspecified atom stereocenters. The minimum Gasteiger partial charge on any atom is -0.338 e. The van der Waals surface area contributed by atoms with Crippen LogP contribution in [0, 0.1) is 0 Å². The number of likely N-dealkylation sites (N-methyl/N-ethyl adjacent to an activating group) is 1. The van der Waals surface area contributed by atoms with Crippen LogP contribution in [0.5, 0.6) is 0 Å². The monoisotopic (exact) mass is 211 g/mol. The van der Waals surface area contributed by atoms with Gasteiger partial charge in [-0.2, -0.15) is 0 Å². The maximum Gasteiger partial charge on any atom is 0.317 e. The minimum absolute atomic E-state index is 0.143. The number of hydrogen-bond donors (Lipinski definition) is 1. The molecule has 2 rings (SSSR count). The molecule has 0 saturated carbocycles. The van der Waals surface area contributed by atoms with Crippen LogP contribution in [0.25, 0.3) is 0 Å². The van der Waals surface area contributed by atoms with Gasteiger partial charge in [-0.25, -0.2) is 4.79 Å². The van der Waals surface area contributed by atoms with Crippen molar-refractivity contribution in [2.45, 2.75) is 32.2 Å². The largest absolute Gasteiger partial charge is 0.338 e. The van der Waals surface area contributed by atoms with Crippen molar-refractivity contribution in [3.63, 3.8) is 0 Å². The number of amides is 2.